The number of hydrogen-bond donors (Lipinski definition) is 1. The Morgan fingerprint density at radius 1 is 0.944 bits per heavy atom. The third-order valence-electron chi connectivity index (χ3n) is 5.02. The fourth-order valence-electron chi connectivity index (χ4n) is 3.33. The van der Waals surface area contributed by atoms with E-state index in [0.29, 0.717) is 22.6 Å². The molecule has 0 radical (unpaired) electrons. The summed E-state index contributed by atoms with van der Waals surface area (Å²) in [4.78, 5) is 34.0. The lowest BCUT2D eigenvalue weighted by Gasteiger charge is -2.11. The summed E-state index contributed by atoms with van der Waals surface area (Å²) in [6, 6.07) is 17.2. The van der Waals surface area contributed by atoms with Gasteiger partial charge in [0, 0.05) is 17.7 Å². The van der Waals surface area contributed by atoms with Gasteiger partial charge in [0.15, 0.2) is 0 Å². The van der Waals surface area contributed by atoms with Crippen LogP contribution in [-0.4, -0.2) is 32.6 Å². The number of ether oxygens (including phenoxy) is 2. The lowest BCUT2D eigenvalue weighted by atomic mass is 10.1. The molecule has 0 spiro atoms. The first-order chi connectivity index (χ1) is 17.3. The molecule has 3 aromatic carbocycles. The molecular weight excluding hydrogens is 470 g/mol. The fourth-order valence-corrected chi connectivity index (χ4v) is 3.33. The standard InChI is InChI=1S/C24H19N5O7/c1-35-21-5-7-22(8-6-21)36-23-11-18(10-19(12-23)28(31)32)26-24(30)17-4-2-3-16(9-17)14-27-15-20(13-25-27)29(33)34/h2-13,15H,14H2,1H3,(H,26,30). The molecule has 182 valence electrons. The summed E-state index contributed by atoms with van der Waals surface area (Å²) in [5.41, 5.74) is 0.750. The number of nitrogens with one attached hydrogen (secondary N) is 1. The minimum absolute atomic E-state index is 0.137. The molecule has 0 aliphatic carbocycles. The quantitative estimate of drug-likeness (QED) is 0.260. The lowest BCUT2D eigenvalue weighted by molar-refractivity contribution is -0.385. The van der Waals surface area contributed by atoms with Crippen LogP contribution in [0.25, 0.3) is 0 Å². The van der Waals surface area contributed by atoms with Crippen LogP contribution in [0.3, 0.4) is 0 Å². The number of nitrogens with zero attached hydrogens (tertiary/aromatic N) is 4. The number of hydrogen-bond acceptors (Lipinski definition) is 8. The summed E-state index contributed by atoms with van der Waals surface area (Å²) >= 11 is 0. The molecule has 1 aromatic heterocycles. The maximum Gasteiger partial charge on any atom is 0.307 e. The van der Waals surface area contributed by atoms with Gasteiger partial charge in [0.25, 0.3) is 11.6 Å². The molecule has 0 aliphatic heterocycles. The van der Waals surface area contributed by atoms with Crippen molar-refractivity contribution in [1.82, 2.24) is 9.78 Å². The van der Waals surface area contributed by atoms with Crippen LogP contribution in [0.2, 0.25) is 0 Å². The predicted octanol–water partition coefficient (Wildman–Crippen LogP) is 4.80. The summed E-state index contributed by atoms with van der Waals surface area (Å²) in [6.07, 6.45) is 2.44. The second-order valence-corrected chi connectivity index (χ2v) is 7.56. The third kappa shape index (κ3) is 5.80. The zero-order valence-corrected chi connectivity index (χ0v) is 18.9. The second kappa shape index (κ2) is 10.3. The van der Waals surface area contributed by atoms with Crippen molar-refractivity contribution in [3.05, 3.63) is 110 Å². The van der Waals surface area contributed by atoms with Gasteiger partial charge in [-0.25, -0.2) is 0 Å². The number of carbonyl (C=O) groups is 1. The molecule has 12 heteroatoms. The van der Waals surface area contributed by atoms with E-state index in [2.05, 4.69) is 10.4 Å². The zero-order valence-electron chi connectivity index (χ0n) is 18.9. The number of benzene rings is 3. The van der Waals surface area contributed by atoms with Gasteiger partial charge in [-0.05, 0) is 42.0 Å². The first kappa shape index (κ1) is 23.9. The van der Waals surface area contributed by atoms with Gasteiger partial charge in [-0.15, -0.1) is 0 Å². The smallest absolute Gasteiger partial charge is 0.307 e. The molecule has 0 fully saturated rings. The maximum absolute atomic E-state index is 12.9. The topological polar surface area (TPSA) is 152 Å². The summed E-state index contributed by atoms with van der Waals surface area (Å²) in [5, 5.41) is 28.9. The van der Waals surface area contributed by atoms with Crippen molar-refractivity contribution in [3.8, 4) is 17.2 Å². The number of nitro benzene ring substituents is 1. The fraction of sp³-hybridized carbons (Fsp3) is 0.0833. The van der Waals surface area contributed by atoms with E-state index >= 15 is 0 Å². The van der Waals surface area contributed by atoms with Gasteiger partial charge in [-0.3, -0.25) is 29.7 Å². The van der Waals surface area contributed by atoms with E-state index in [1.54, 1.807) is 48.5 Å². The largest absolute Gasteiger partial charge is 0.497 e. The molecule has 1 N–H and O–H groups in total. The summed E-state index contributed by atoms with van der Waals surface area (Å²) in [5.74, 6) is 0.723. The Labute approximate surface area is 204 Å². The minimum atomic E-state index is -0.583. The zero-order chi connectivity index (χ0) is 25.7. The van der Waals surface area contributed by atoms with Crippen molar-refractivity contribution < 1.29 is 24.1 Å². The van der Waals surface area contributed by atoms with E-state index in [9.17, 15) is 25.0 Å². The van der Waals surface area contributed by atoms with Crippen molar-refractivity contribution in [2.24, 2.45) is 0 Å². The van der Waals surface area contributed by atoms with Crippen LogP contribution in [0.15, 0.2) is 79.1 Å². The average Bonchev–Trinajstić information content (AvgIpc) is 3.33. The Morgan fingerprint density at radius 3 is 2.33 bits per heavy atom. The molecule has 0 saturated carbocycles. The van der Waals surface area contributed by atoms with Gasteiger partial charge in [0.1, 0.15) is 29.6 Å². The van der Waals surface area contributed by atoms with Crippen molar-refractivity contribution >= 4 is 23.0 Å². The number of aromatic nitrogens is 2. The van der Waals surface area contributed by atoms with Gasteiger partial charge < -0.3 is 14.8 Å². The van der Waals surface area contributed by atoms with Crippen LogP contribution in [0.1, 0.15) is 15.9 Å². The number of nitro groups is 2. The van der Waals surface area contributed by atoms with E-state index in [1.165, 1.54) is 36.2 Å². The molecule has 0 atom stereocenters. The highest BCUT2D eigenvalue weighted by Gasteiger charge is 2.15. The van der Waals surface area contributed by atoms with Crippen molar-refractivity contribution in [3.63, 3.8) is 0 Å². The molecule has 0 unspecified atom stereocenters. The van der Waals surface area contributed by atoms with Crippen molar-refractivity contribution in [1.29, 1.82) is 0 Å². The van der Waals surface area contributed by atoms with Crippen molar-refractivity contribution in [2.75, 3.05) is 12.4 Å². The molecule has 0 saturated heterocycles. The van der Waals surface area contributed by atoms with E-state index in [4.69, 9.17) is 9.47 Å². The average molecular weight is 489 g/mol. The first-order valence-electron chi connectivity index (χ1n) is 10.5. The molecule has 1 heterocycles. The molecular formula is C24H19N5O7. The van der Waals surface area contributed by atoms with Crippen LogP contribution >= 0.6 is 0 Å². The highest BCUT2D eigenvalue weighted by Crippen LogP contribution is 2.31. The molecule has 4 rings (SSSR count). The van der Waals surface area contributed by atoms with E-state index < -0.39 is 15.8 Å². The van der Waals surface area contributed by atoms with Crippen LogP contribution in [0.4, 0.5) is 17.1 Å². The third-order valence-corrected chi connectivity index (χ3v) is 5.02. The van der Waals surface area contributed by atoms with Gasteiger partial charge in [0.2, 0.25) is 0 Å². The van der Waals surface area contributed by atoms with E-state index in [0.717, 1.165) is 6.20 Å². The highest BCUT2D eigenvalue weighted by molar-refractivity contribution is 6.04. The first-order valence-corrected chi connectivity index (χ1v) is 10.5. The van der Waals surface area contributed by atoms with Gasteiger partial charge >= 0.3 is 5.69 Å². The number of methoxy groups -OCH3 is 1. The number of carbonyl (C=O) groups excluding carboxylic acids is 1. The van der Waals surface area contributed by atoms with Crippen molar-refractivity contribution in [2.45, 2.75) is 6.54 Å². The minimum Gasteiger partial charge on any atom is -0.497 e. The lowest BCUT2D eigenvalue weighted by Crippen LogP contribution is -2.13. The number of non-ortho nitro benzene ring substituents is 1. The summed E-state index contributed by atoms with van der Waals surface area (Å²) in [7, 11) is 1.53. The summed E-state index contributed by atoms with van der Waals surface area (Å²) < 4.78 is 12.2. The number of anilines is 1. The molecule has 12 nitrogen and oxygen atoms in total. The van der Waals surface area contributed by atoms with Crippen LogP contribution < -0.4 is 14.8 Å². The van der Waals surface area contributed by atoms with Gasteiger partial charge in [0.05, 0.1) is 35.3 Å². The maximum atomic E-state index is 12.9. The monoisotopic (exact) mass is 489 g/mol. The number of rotatable bonds is 9. The highest BCUT2D eigenvalue weighted by atomic mass is 16.6. The second-order valence-electron chi connectivity index (χ2n) is 7.56. The van der Waals surface area contributed by atoms with E-state index in [-0.39, 0.29) is 29.4 Å². The predicted molar refractivity (Wildman–Crippen MR) is 129 cm³/mol. The normalized spacial score (nSPS) is 10.5. The van der Waals surface area contributed by atoms with E-state index in [1.807, 2.05) is 0 Å². The number of amides is 1. The molecule has 1 amide bonds. The SMILES string of the molecule is COc1ccc(Oc2cc(NC(=O)c3cccc(Cn4cc([N+](=O)[O-])cn4)c3)cc([N+](=O)[O-])c2)cc1. The van der Waals surface area contributed by atoms with Crippen LogP contribution in [-0.2, 0) is 6.54 Å². The van der Waals surface area contributed by atoms with Crippen LogP contribution in [0, 0.1) is 20.2 Å². The Morgan fingerprint density at radius 2 is 1.67 bits per heavy atom. The summed E-state index contributed by atoms with van der Waals surface area (Å²) in [6.45, 7) is 0.214. The van der Waals surface area contributed by atoms with Crippen LogP contribution in [0.5, 0.6) is 17.2 Å². The Balaban J connectivity index is 1.52. The molecule has 0 bridgehead atoms. The molecule has 36 heavy (non-hydrogen) atoms. The Kier molecular flexibility index (Phi) is 6.86. The Bertz CT molecular complexity index is 1430. The molecule has 4 aromatic rings. The molecule has 0 aliphatic rings. The Hall–Kier alpha value is -5.26. The van der Waals surface area contributed by atoms with Gasteiger partial charge in [-0.2, -0.15) is 5.10 Å². The van der Waals surface area contributed by atoms with Gasteiger partial charge in [-0.1, -0.05) is 12.1 Å².